The van der Waals surface area contributed by atoms with E-state index in [4.69, 9.17) is 9.47 Å². The number of fused-ring (bicyclic) bond motifs is 1. The van der Waals surface area contributed by atoms with Crippen LogP contribution in [-0.4, -0.2) is 21.6 Å². The first-order valence-corrected chi connectivity index (χ1v) is 9.69. The molecule has 0 unspecified atom stereocenters. The Kier molecular flexibility index (Phi) is 4.51. The Bertz CT molecular complexity index is 826. The molecule has 0 amide bonds. The van der Waals surface area contributed by atoms with E-state index in [1.165, 1.54) is 6.07 Å². The molecule has 1 aliphatic heterocycles. The molecule has 22 heavy (non-hydrogen) atoms. The van der Waals surface area contributed by atoms with Crippen molar-refractivity contribution in [2.24, 2.45) is 0 Å². The number of hydrogen-bond acceptors (Lipinski definition) is 4. The Balaban J connectivity index is 2.00. The van der Waals surface area contributed by atoms with E-state index in [2.05, 4.69) is 43.2 Å². The molecule has 5 nitrogen and oxygen atoms in total. The number of para-hydroxylation sites is 1. The number of hydrogen-bond donors (Lipinski definition) is 1. The van der Waals surface area contributed by atoms with Crippen molar-refractivity contribution in [3.05, 3.63) is 44.4 Å². The number of nitrogens with one attached hydrogen (secondary N) is 1. The number of sulfonamides is 1. The highest BCUT2D eigenvalue weighted by molar-refractivity contribution is 14.1. The summed E-state index contributed by atoms with van der Waals surface area (Å²) in [5.41, 5.74) is 0.532. The van der Waals surface area contributed by atoms with E-state index in [0.717, 1.165) is 3.57 Å². The summed E-state index contributed by atoms with van der Waals surface area (Å²) in [5, 5.41) is 0. The first-order chi connectivity index (χ1) is 10.5. The van der Waals surface area contributed by atoms with Crippen LogP contribution in [0.15, 0.2) is 45.8 Å². The molecule has 2 aromatic rings. The molecule has 3 rings (SSSR count). The summed E-state index contributed by atoms with van der Waals surface area (Å²) in [6.45, 7) is 0.851. The van der Waals surface area contributed by atoms with Crippen molar-refractivity contribution in [3.8, 4) is 11.5 Å². The van der Waals surface area contributed by atoms with Crippen LogP contribution in [-0.2, 0) is 10.0 Å². The van der Waals surface area contributed by atoms with Gasteiger partial charge in [-0.05, 0) is 56.7 Å². The fourth-order valence-electron chi connectivity index (χ4n) is 1.99. The number of rotatable bonds is 3. The third kappa shape index (κ3) is 3.18. The van der Waals surface area contributed by atoms with Gasteiger partial charge in [0.1, 0.15) is 18.1 Å². The molecule has 2 aromatic carbocycles. The van der Waals surface area contributed by atoms with Crippen LogP contribution in [0.4, 0.5) is 5.69 Å². The van der Waals surface area contributed by atoms with Crippen LogP contribution in [0.5, 0.6) is 11.5 Å². The molecular weight excluding hydrogens is 485 g/mol. The summed E-state index contributed by atoms with van der Waals surface area (Å²) < 4.78 is 40.0. The fourth-order valence-corrected chi connectivity index (χ4v) is 4.82. The van der Waals surface area contributed by atoms with Crippen LogP contribution in [0, 0.1) is 3.57 Å². The van der Waals surface area contributed by atoms with Crippen LogP contribution in [0.3, 0.4) is 0 Å². The Morgan fingerprint density at radius 2 is 1.73 bits per heavy atom. The number of anilines is 1. The van der Waals surface area contributed by atoms with Gasteiger partial charge in [0.25, 0.3) is 10.0 Å². The zero-order valence-corrected chi connectivity index (χ0v) is 15.7. The largest absolute Gasteiger partial charge is 0.486 e. The normalized spacial score (nSPS) is 13.7. The molecular formula is C14H11BrINO4S. The summed E-state index contributed by atoms with van der Waals surface area (Å²) >= 11 is 5.37. The third-order valence-electron chi connectivity index (χ3n) is 3.00. The van der Waals surface area contributed by atoms with Gasteiger partial charge in [0.15, 0.2) is 11.5 Å². The lowest BCUT2D eigenvalue weighted by atomic mass is 10.3. The van der Waals surface area contributed by atoms with Crippen molar-refractivity contribution in [1.29, 1.82) is 0 Å². The van der Waals surface area contributed by atoms with E-state index in [0.29, 0.717) is 34.9 Å². The lowest BCUT2D eigenvalue weighted by Crippen LogP contribution is -2.18. The van der Waals surface area contributed by atoms with Gasteiger partial charge in [-0.3, -0.25) is 4.72 Å². The lowest BCUT2D eigenvalue weighted by molar-refractivity contribution is 0.171. The molecule has 0 aromatic heterocycles. The molecule has 0 radical (unpaired) electrons. The Morgan fingerprint density at radius 1 is 1.09 bits per heavy atom. The second-order valence-corrected chi connectivity index (χ2v) is 8.18. The summed E-state index contributed by atoms with van der Waals surface area (Å²) in [4.78, 5) is 0.108. The maximum absolute atomic E-state index is 12.6. The minimum Gasteiger partial charge on any atom is -0.486 e. The van der Waals surface area contributed by atoms with Crippen LogP contribution >= 0.6 is 38.5 Å². The van der Waals surface area contributed by atoms with Gasteiger partial charge in [0.2, 0.25) is 0 Å². The van der Waals surface area contributed by atoms with Crippen molar-refractivity contribution in [2.75, 3.05) is 17.9 Å². The number of halogens is 2. The van der Waals surface area contributed by atoms with Crippen molar-refractivity contribution < 1.29 is 17.9 Å². The zero-order valence-electron chi connectivity index (χ0n) is 11.2. The highest BCUT2D eigenvalue weighted by Gasteiger charge is 2.23. The van der Waals surface area contributed by atoms with Gasteiger partial charge in [-0.2, -0.15) is 0 Å². The number of ether oxygens (including phenoxy) is 2. The van der Waals surface area contributed by atoms with E-state index in [9.17, 15) is 8.42 Å². The molecule has 0 bridgehead atoms. The molecule has 0 atom stereocenters. The topological polar surface area (TPSA) is 64.6 Å². The Morgan fingerprint density at radius 3 is 2.41 bits per heavy atom. The molecule has 8 heteroatoms. The van der Waals surface area contributed by atoms with E-state index in [1.54, 1.807) is 18.2 Å². The molecule has 0 spiro atoms. The SMILES string of the molecule is O=S(=O)(Nc1ccccc1I)c1cc2c(cc1Br)OCCO2. The summed E-state index contributed by atoms with van der Waals surface area (Å²) in [5.74, 6) is 0.962. The van der Waals surface area contributed by atoms with E-state index >= 15 is 0 Å². The van der Waals surface area contributed by atoms with Gasteiger partial charge in [-0.25, -0.2) is 8.42 Å². The summed E-state index contributed by atoms with van der Waals surface area (Å²) in [7, 11) is -3.74. The van der Waals surface area contributed by atoms with E-state index in [1.807, 2.05) is 12.1 Å². The molecule has 0 fully saturated rings. The Hall–Kier alpha value is -1.00. The van der Waals surface area contributed by atoms with Gasteiger partial charge < -0.3 is 9.47 Å². The van der Waals surface area contributed by atoms with E-state index in [-0.39, 0.29) is 4.90 Å². The van der Waals surface area contributed by atoms with Crippen LogP contribution < -0.4 is 14.2 Å². The summed E-state index contributed by atoms with van der Waals surface area (Å²) in [6, 6.07) is 10.2. The minimum atomic E-state index is -3.74. The maximum Gasteiger partial charge on any atom is 0.263 e. The third-order valence-corrected chi connectivity index (χ3v) is 6.27. The first kappa shape index (κ1) is 15.9. The highest BCUT2D eigenvalue weighted by Crippen LogP contribution is 2.38. The molecule has 1 heterocycles. The number of benzene rings is 2. The predicted molar refractivity (Wildman–Crippen MR) is 95.1 cm³/mol. The maximum atomic E-state index is 12.6. The second kappa shape index (κ2) is 6.25. The van der Waals surface area contributed by atoms with Crippen molar-refractivity contribution in [1.82, 2.24) is 0 Å². The molecule has 0 saturated carbocycles. The molecule has 1 aliphatic rings. The zero-order chi connectivity index (χ0) is 15.7. The van der Waals surface area contributed by atoms with Crippen LogP contribution in [0.25, 0.3) is 0 Å². The average Bonchev–Trinajstić information content (AvgIpc) is 2.48. The molecule has 0 aliphatic carbocycles. The van der Waals surface area contributed by atoms with Crippen molar-refractivity contribution in [2.45, 2.75) is 4.90 Å². The lowest BCUT2D eigenvalue weighted by Gasteiger charge is -2.20. The molecule has 116 valence electrons. The fraction of sp³-hybridized carbons (Fsp3) is 0.143. The minimum absolute atomic E-state index is 0.108. The standard InChI is InChI=1S/C14H11BrINO4S/c15-9-7-12-13(21-6-5-20-12)8-14(9)22(18,19)17-11-4-2-1-3-10(11)16/h1-4,7-8,17H,5-6H2. The van der Waals surface area contributed by atoms with Gasteiger partial charge in [0.05, 0.1) is 5.69 Å². The first-order valence-electron chi connectivity index (χ1n) is 6.34. The molecule has 0 saturated heterocycles. The van der Waals surface area contributed by atoms with Gasteiger partial charge in [-0.15, -0.1) is 0 Å². The monoisotopic (exact) mass is 495 g/mol. The van der Waals surface area contributed by atoms with Crippen LogP contribution in [0.1, 0.15) is 0 Å². The smallest absolute Gasteiger partial charge is 0.263 e. The van der Waals surface area contributed by atoms with Crippen molar-refractivity contribution >= 4 is 54.2 Å². The van der Waals surface area contributed by atoms with Gasteiger partial charge >= 0.3 is 0 Å². The average molecular weight is 496 g/mol. The van der Waals surface area contributed by atoms with E-state index < -0.39 is 10.0 Å². The quantitative estimate of drug-likeness (QED) is 0.660. The second-order valence-electron chi connectivity index (χ2n) is 4.51. The van der Waals surface area contributed by atoms with Crippen LogP contribution in [0.2, 0.25) is 0 Å². The van der Waals surface area contributed by atoms with Gasteiger partial charge in [0, 0.05) is 14.1 Å². The summed E-state index contributed by atoms with van der Waals surface area (Å²) in [6.07, 6.45) is 0. The van der Waals surface area contributed by atoms with Crippen molar-refractivity contribution in [3.63, 3.8) is 0 Å². The Labute approximate surface area is 150 Å². The highest BCUT2D eigenvalue weighted by atomic mass is 127. The predicted octanol–water partition coefficient (Wildman–Crippen LogP) is 3.63. The van der Waals surface area contributed by atoms with Gasteiger partial charge in [-0.1, -0.05) is 12.1 Å². The molecule has 1 N–H and O–H groups in total.